The molecule has 0 aliphatic heterocycles. The predicted molar refractivity (Wildman–Crippen MR) is 407 cm³/mol. The van der Waals surface area contributed by atoms with Gasteiger partial charge in [0.05, 0.1) is 27.8 Å². The van der Waals surface area contributed by atoms with Gasteiger partial charge in [-0.05, 0) is 222 Å². The van der Waals surface area contributed by atoms with E-state index in [1.807, 2.05) is 139 Å². The highest BCUT2D eigenvalue weighted by Gasteiger charge is 2.19. The number of allylic oxidation sites excluding steroid dienone is 3. The van der Waals surface area contributed by atoms with Gasteiger partial charge in [-0.2, -0.15) is 0 Å². The normalized spacial score (nSPS) is 11.5. The zero-order chi connectivity index (χ0) is 75.4. The van der Waals surface area contributed by atoms with Crippen LogP contribution < -0.4 is 0 Å². The fourth-order valence-electron chi connectivity index (χ4n) is 11.5. The van der Waals surface area contributed by atoms with Crippen LogP contribution in [0.1, 0.15) is 180 Å². The van der Waals surface area contributed by atoms with Gasteiger partial charge in [-0.1, -0.05) is 122 Å². The summed E-state index contributed by atoms with van der Waals surface area (Å²) in [5.41, 5.74) is 20.0. The second-order valence-corrected chi connectivity index (χ2v) is 25.0. The fourth-order valence-corrected chi connectivity index (χ4v) is 11.5. The Hall–Kier alpha value is -13.6. The average molecular weight is 1430 g/mol. The van der Waals surface area contributed by atoms with Crippen molar-refractivity contribution in [2.24, 2.45) is 0 Å². The van der Waals surface area contributed by atoms with E-state index in [0.717, 1.165) is 102 Å². The van der Waals surface area contributed by atoms with Gasteiger partial charge in [-0.15, -0.1) is 0 Å². The van der Waals surface area contributed by atoms with Crippen molar-refractivity contribution in [3.63, 3.8) is 0 Å². The van der Waals surface area contributed by atoms with Crippen LogP contribution in [0.25, 0.3) is 73.0 Å². The Labute approximate surface area is 608 Å². The van der Waals surface area contributed by atoms with Crippen LogP contribution in [0.2, 0.25) is 0 Å². The first-order valence-electron chi connectivity index (χ1n) is 32.2. The van der Waals surface area contributed by atoms with Gasteiger partial charge < -0.3 is 63.5 Å². The molecule has 0 radical (unpaired) electrons. The van der Waals surface area contributed by atoms with Gasteiger partial charge >= 0.3 is 47.8 Å². The zero-order valence-corrected chi connectivity index (χ0v) is 57.6. The summed E-state index contributed by atoms with van der Waals surface area (Å²) in [7, 11) is 0. The van der Waals surface area contributed by atoms with Crippen LogP contribution in [0.4, 0.5) is 0 Å². The first kappa shape index (κ1) is 79.8. The van der Waals surface area contributed by atoms with Gasteiger partial charge in [0.2, 0.25) is 11.5 Å². The number of hydrogen-bond donors (Lipinski definition) is 9. The molecule has 5 heterocycles. The molecular formula is C85H79NO20. The highest BCUT2D eigenvalue weighted by molar-refractivity contribution is 6.04. The number of rotatable bonds is 8. The van der Waals surface area contributed by atoms with Gasteiger partial charge in [-0.25, -0.2) is 38.4 Å². The third-order valence-corrected chi connectivity index (χ3v) is 16.5. The highest BCUT2D eigenvalue weighted by Crippen LogP contribution is 2.30. The number of benzene rings is 8. The molecule has 0 fully saturated rings. The molecule has 0 atom stereocenters. The molecule has 3 aliphatic rings. The average Bonchev–Trinajstić information content (AvgIpc) is 1.68. The van der Waals surface area contributed by atoms with Gasteiger partial charge in [0, 0.05) is 38.6 Å². The van der Waals surface area contributed by atoms with Crippen LogP contribution in [0.5, 0.6) is 0 Å². The van der Waals surface area contributed by atoms with Crippen LogP contribution >= 0.6 is 0 Å². The molecule has 0 saturated carbocycles. The Morgan fingerprint density at radius 1 is 0.349 bits per heavy atom. The summed E-state index contributed by atoms with van der Waals surface area (Å²) >= 11 is 0. The number of fused-ring (bicyclic) bond motifs is 8. The van der Waals surface area contributed by atoms with Crippen LogP contribution in [0.15, 0.2) is 211 Å². The molecule has 0 saturated heterocycles. The molecule has 8 aromatic carbocycles. The second-order valence-electron chi connectivity index (χ2n) is 25.0. The Kier molecular flexibility index (Phi) is 26.2. The summed E-state index contributed by atoms with van der Waals surface area (Å²) in [5, 5.41) is 74.1. The largest absolute Gasteiger partial charge is 0.478 e. The number of carboxylic acid groups (broad SMARTS) is 8. The quantitative estimate of drug-likeness (QED) is 0.0682. The third kappa shape index (κ3) is 20.2. The Bertz CT molecular complexity index is 5400. The molecule has 3 aliphatic carbocycles. The van der Waals surface area contributed by atoms with Crippen molar-refractivity contribution >= 4 is 121 Å². The van der Waals surface area contributed by atoms with Crippen molar-refractivity contribution in [2.75, 3.05) is 0 Å². The molecule has 9 N–H and O–H groups in total. The van der Waals surface area contributed by atoms with E-state index >= 15 is 0 Å². The number of carboxylic acids is 8. The lowest BCUT2D eigenvalue weighted by molar-refractivity contribution is 0.0655. The second kappa shape index (κ2) is 34.9. The van der Waals surface area contributed by atoms with E-state index in [9.17, 15) is 38.4 Å². The van der Waals surface area contributed by atoms with Crippen LogP contribution in [0, 0.1) is 34.6 Å². The monoisotopic (exact) mass is 1430 g/mol. The lowest BCUT2D eigenvalue weighted by Crippen LogP contribution is -2.01. The molecule has 106 heavy (non-hydrogen) atoms. The summed E-state index contributed by atoms with van der Waals surface area (Å²) in [6.07, 6.45) is 11.6. The Balaban J connectivity index is 0.000000169. The van der Waals surface area contributed by atoms with E-state index in [2.05, 4.69) is 24.9 Å². The number of aryl methyl sites for hydroxylation is 5. The minimum Gasteiger partial charge on any atom is -0.478 e. The van der Waals surface area contributed by atoms with Crippen molar-refractivity contribution in [2.45, 2.75) is 89.5 Å². The minimum absolute atomic E-state index is 0. The molecule has 21 heteroatoms. The molecule has 0 unspecified atom stereocenters. The highest BCUT2D eigenvalue weighted by atomic mass is 16.4. The molecule has 13 aromatic rings. The maximum atomic E-state index is 10.8. The zero-order valence-electron chi connectivity index (χ0n) is 57.6. The van der Waals surface area contributed by atoms with Crippen molar-refractivity contribution in [3.8, 4) is 0 Å². The molecule has 0 spiro atoms. The molecule has 5 aromatic heterocycles. The summed E-state index contributed by atoms with van der Waals surface area (Å²) in [5.74, 6) is -6.64. The Morgan fingerprint density at radius 2 is 0.840 bits per heavy atom. The van der Waals surface area contributed by atoms with Crippen LogP contribution in [-0.2, 0) is 19.3 Å². The van der Waals surface area contributed by atoms with Gasteiger partial charge in [0.25, 0.3) is 0 Å². The number of aromatic nitrogens is 1. The molecular weight excluding hydrogens is 1350 g/mol. The standard InChI is InChI=1S/3C11H10O2.C10H9NO2.4C10H8O3.2CH4/c2*1-7-4-8-2-3-9(11(12)13)6-10(8)5-7;1-7-5-8-3-2-4-9(11(12)13)10(8)6-7;1-6-2-3-7-8(10(12)13)5-11-9(7)4-6;1-6-4-7-2-3-8(10(11)12)5-9(7)13-6;1-6-2-3-8-7(4-6)5-9(13-8)10(11)12;1-6-2-3-7-8(10(11)12)5-13-9(7)4-6;1-6-2-3-7-5-9(10(11)12)13-8(7)4-6;;/h2-3,5-6H,4H2,1H3,(H,12,13);2-4,6H,5H2,1H3,(H,12,13);2-5H,6H2,1H3,(H,12,13);2-5,11H,1H3,(H,12,13);4*2-5H,1H3,(H,11,12);2*1H4. The number of nitrogens with one attached hydrogen (secondary N) is 1. The van der Waals surface area contributed by atoms with Gasteiger partial charge in [0.1, 0.15) is 39.9 Å². The van der Waals surface area contributed by atoms with Gasteiger partial charge in [0.15, 0.2) is 0 Å². The van der Waals surface area contributed by atoms with Crippen molar-refractivity contribution < 1.29 is 96.9 Å². The smallest absolute Gasteiger partial charge is 0.371 e. The summed E-state index contributed by atoms with van der Waals surface area (Å²) in [6, 6.07) is 48.0. The minimum atomic E-state index is -1.03. The van der Waals surface area contributed by atoms with E-state index < -0.39 is 47.8 Å². The lowest BCUT2D eigenvalue weighted by atomic mass is 10.0. The van der Waals surface area contributed by atoms with E-state index in [1.54, 1.807) is 60.7 Å². The maximum absolute atomic E-state index is 10.8. The topological polar surface area (TPSA) is 367 Å². The first-order chi connectivity index (χ1) is 49.4. The number of aromatic carboxylic acids is 8. The number of furan rings is 4. The Morgan fingerprint density at radius 3 is 1.48 bits per heavy atom. The molecule has 0 amide bonds. The van der Waals surface area contributed by atoms with E-state index in [1.165, 1.54) is 52.9 Å². The molecule has 21 nitrogen and oxygen atoms in total. The van der Waals surface area contributed by atoms with Crippen molar-refractivity contribution in [1.82, 2.24) is 4.98 Å². The first-order valence-corrected chi connectivity index (χ1v) is 32.2. The summed E-state index contributed by atoms with van der Waals surface area (Å²) in [6.45, 7) is 15.8. The summed E-state index contributed by atoms with van der Waals surface area (Å²) in [4.78, 5) is 88.3. The number of carbonyl (C=O) groups is 8. The number of H-pyrrole nitrogens is 1. The molecule has 0 bridgehead atoms. The van der Waals surface area contributed by atoms with E-state index in [-0.39, 0.29) is 37.5 Å². The third-order valence-electron chi connectivity index (χ3n) is 16.5. The predicted octanol–water partition coefficient (Wildman–Crippen LogP) is 20.2. The van der Waals surface area contributed by atoms with Crippen molar-refractivity contribution in [3.05, 3.63) is 299 Å². The van der Waals surface area contributed by atoms with Gasteiger partial charge in [-0.3, -0.25) is 0 Å². The summed E-state index contributed by atoms with van der Waals surface area (Å²) < 4.78 is 20.6. The van der Waals surface area contributed by atoms with E-state index in [0.29, 0.717) is 50.0 Å². The SMILES string of the molecule is C.C.CC1=Cc2cc(C(=O)O)ccc2C1.CC1=Cc2ccc(C(=O)O)cc2C1.CC1=Cc2cccc(C(=O)O)c2C1.Cc1cc2ccc(C(=O)O)cc2o1.Cc1ccc2c(C(=O)O)c[nH]c2c1.Cc1ccc2c(C(=O)O)coc2c1.Cc1ccc2cc(C(=O)O)oc2c1.Cc1ccc2oc(C(=O)O)cc2c1. The van der Waals surface area contributed by atoms with Crippen molar-refractivity contribution in [1.29, 1.82) is 0 Å². The molecule has 16 rings (SSSR count). The number of aromatic amines is 1. The lowest BCUT2D eigenvalue weighted by Gasteiger charge is -2.02. The maximum Gasteiger partial charge on any atom is 0.371 e. The van der Waals surface area contributed by atoms with E-state index in [4.69, 9.17) is 58.5 Å². The van der Waals surface area contributed by atoms with Crippen LogP contribution in [-0.4, -0.2) is 93.6 Å². The number of hydrogen-bond acceptors (Lipinski definition) is 12. The molecule has 544 valence electrons. The fraction of sp³-hybridized carbons (Fsp3) is 0.153. The van der Waals surface area contributed by atoms with Crippen LogP contribution in [0.3, 0.4) is 0 Å².